The molecule has 0 aliphatic heterocycles. The van der Waals surface area contributed by atoms with Crippen LogP contribution in [0, 0.1) is 10.1 Å². The average Bonchev–Trinajstić information content (AvgIpc) is 2.72. The van der Waals surface area contributed by atoms with Gasteiger partial charge in [0.15, 0.2) is 4.34 Å². The Balaban J connectivity index is 2.94. The third kappa shape index (κ3) is 4.06. The molecule has 10 heteroatoms. The molecule has 0 spiro atoms. The number of nitrogens with zero attached hydrogens (tertiary/aromatic N) is 2. The molecule has 1 aromatic heterocycles. The van der Waals surface area contributed by atoms with Crippen LogP contribution in [0.3, 0.4) is 0 Å². The van der Waals surface area contributed by atoms with Crippen molar-refractivity contribution in [1.29, 1.82) is 0 Å². The van der Waals surface area contributed by atoms with Gasteiger partial charge >= 0.3 is 0 Å². The molecule has 0 fully saturated rings. The summed E-state index contributed by atoms with van der Waals surface area (Å²) in [5.41, 5.74) is -0.372. The fraction of sp³-hybridized carbons (Fsp3) is 0.556. The van der Waals surface area contributed by atoms with Crippen LogP contribution in [-0.2, 0) is 10.0 Å². The van der Waals surface area contributed by atoms with Crippen LogP contribution in [-0.4, -0.2) is 43.2 Å². The summed E-state index contributed by atoms with van der Waals surface area (Å²) in [5.74, 6) is 0.852. The van der Waals surface area contributed by atoms with E-state index in [0.29, 0.717) is 17.9 Å². The molecule has 108 valence electrons. The molecule has 0 saturated carbocycles. The fourth-order valence-corrected chi connectivity index (χ4v) is 4.80. The Bertz CT molecular complexity index is 558. The molecule has 0 aliphatic rings. The summed E-state index contributed by atoms with van der Waals surface area (Å²) in [6, 6.07) is 1.01. The Morgan fingerprint density at radius 1 is 1.58 bits per heavy atom. The Morgan fingerprint density at radius 3 is 2.68 bits per heavy atom. The van der Waals surface area contributed by atoms with Crippen LogP contribution < -0.4 is 0 Å². The van der Waals surface area contributed by atoms with Gasteiger partial charge in [0, 0.05) is 19.7 Å². The maximum absolute atomic E-state index is 12.2. The number of hydrogen-bond donors (Lipinski definition) is 0. The molecule has 0 aliphatic carbocycles. The first kappa shape index (κ1) is 16.7. The summed E-state index contributed by atoms with van der Waals surface area (Å²) in [6.07, 6.45) is 2.66. The summed E-state index contributed by atoms with van der Waals surface area (Å²) in [5, 5.41) is 10.7. The molecule has 0 unspecified atom stereocenters. The lowest BCUT2D eigenvalue weighted by atomic mass is 10.5. The van der Waals surface area contributed by atoms with Crippen LogP contribution in [0.25, 0.3) is 0 Å². The molecule has 0 amide bonds. The zero-order valence-electron chi connectivity index (χ0n) is 10.3. The second-order valence-corrected chi connectivity index (χ2v) is 8.57. The zero-order chi connectivity index (χ0) is 14.6. The van der Waals surface area contributed by atoms with E-state index in [2.05, 4.69) is 0 Å². The van der Waals surface area contributed by atoms with Gasteiger partial charge in [0.2, 0.25) is 0 Å². The quantitative estimate of drug-likeness (QED) is 0.431. The smallest absolute Gasteiger partial charge is 0.258 e. The van der Waals surface area contributed by atoms with E-state index in [-0.39, 0.29) is 14.2 Å². The number of halogens is 1. The van der Waals surface area contributed by atoms with Crippen LogP contribution in [0.2, 0.25) is 4.34 Å². The van der Waals surface area contributed by atoms with E-state index in [4.69, 9.17) is 11.6 Å². The number of thioether (sulfide) groups is 1. The predicted octanol–water partition coefficient (Wildman–Crippen LogP) is 2.68. The van der Waals surface area contributed by atoms with E-state index >= 15 is 0 Å². The number of nitro groups is 1. The molecule has 6 nitrogen and oxygen atoms in total. The molecular weight excluding hydrogens is 332 g/mol. The van der Waals surface area contributed by atoms with Crippen LogP contribution in [0.4, 0.5) is 5.69 Å². The van der Waals surface area contributed by atoms with Crippen LogP contribution in [0.15, 0.2) is 10.3 Å². The monoisotopic (exact) mass is 344 g/mol. The molecule has 0 aromatic carbocycles. The van der Waals surface area contributed by atoms with E-state index in [1.54, 1.807) is 11.8 Å². The highest BCUT2D eigenvalue weighted by Gasteiger charge is 2.28. The van der Waals surface area contributed by atoms with Crippen molar-refractivity contribution in [1.82, 2.24) is 4.31 Å². The van der Waals surface area contributed by atoms with Crippen molar-refractivity contribution in [2.45, 2.75) is 10.6 Å². The van der Waals surface area contributed by atoms with Crippen molar-refractivity contribution in [3.63, 3.8) is 0 Å². The lowest BCUT2D eigenvalue weighted by Gasteiger charge is -2.15. The van der Waals surface area contributed by atoms with Gasteiger partial charge in [-0.25, -0.2) is 12.7 Å². The molecule has 1 aromatic rings. The summed E-state index contributed by atoms with van der Waals surface area (Å²) in [7, 11) is -2.25. The largest absolute Gasteiger partial charge is 0.300 e. The van der Waals surface area contributed by atoms with Crippen molar-refractivity contribution in [2.75, 3.05) is 25.6 Å². The van der Waals surface area contributed by atoms with Gasteiger partial charge in [0.25, 0.3) is 15.7 Å². The van der Waals surface area contributed by atoms with Crippen molar-refractivity contribution >= 4 is 50.4 Å². The maximum Gasteiger partial charge on any atom is 0.300 e. The third-order valence-electron chi connectivity index (χ3n) is 2.33. The van der Waals surface area contributed by atoms with Crippen molar-refractivity contribution < 1.29 is 13.3 Å². The lowest BCUT2D eigenvalue weighted by Crippen LogP contribution is -2.27. The second kappa shape index (κ2) is 6.89. The van der Waals surface area contributed by atoms with Crippen molar-refractivity contribution in [2.24, 2.45) is 0 Å². The van der Waals surface area contributed by atoms with Crippen molar-refractivity contribution in [3.8, 4) is 0 Å². The molecule has 0 radical (unpaired) electrons. The van der Waals surface area contributed by atoms with Crippen LogP contribution in [0.5, 0.6) is 0 Å². The zero-order valence-corrected chi connectivity index (χ0v) is 13.5. The van der Waals surface area contributed by atoms with Gasteiger partial charge < -0.3 is 0 Å². The molecule has 1 heterocycles. The topological polar surface area (TPSA) is 80.5 Å². The molecule has 0 bridgehead atoms. The average molecular weight is 345 g/mol. The molecule has 0 N–H and O–H groups in total. The number of thiophene rings is 1. The molecule has 19 heavy (non-hydrogen) atoms. The fourth-order valence-electron chi connectivity index (χ4n) is 1.30. The lowest BCUT2D eigenvalue weighted by molar-refractivity contribution is -0.384. The first-order valence-electron chi connectivity index (χ1n) is 5.19. The Kier molecular flexibility index (Phi) is 6.06. The summed E-state index contributed by atoms with van der Waals surface area (Å²) < 4.78 is 25.3. The first-order chi connectivity index (χ1) is 8.80. The third-order valence-corrected chi connectivity index (χ3v) is 6.67. The summed E-state index contributed by atoms with van der Waals surface area (Å²) in [6.45, 7) is 0.368. The number of sulfonamides is 1. The Labute approximate surface area is 124 Å². The highest BCUT2D eigenvalue weighted by atomic mass is 35.5. The van der Waals surface area contributed by atoms with E-state index in [1.165, 1.54) is 11.4 Å². The highest BCUT2D eigenvalue weighted by molar-refractivity contribution is 7.98. The summed E-state index contributed by atoms with van der Waals surface area (Å²) in [4.78, 5) is 9.97. The minimum absolute atomic E-state index is 0.101. The van der Waals surface area contributed by atoms with Gasteiger partial charge in [-0.05, 0) is 18.4 Å². The SMILES string of the molecule is CSCCCN(C)S(=O)(=O)c1cc([N+](=O)[O-])c(Cl)s1. The molecule has 0 saturated heterocycles. The molecule has 1 rings (SSSR count). The van der Waals surface area contributed by atoms with E-state index in [9.17, 15) is 18.5 Å². The number of rotatable bonds is 7. The highest BCUT2D eigenvalue weighted by Crippen LogP contribution is 2.37. The standard InChI is InChI=1S/C9H13ClN2O4S3/c1-11(4-3-5-17-2)19(15,16)8-6-7(12(13)14)9(10)18-8/h6H,3-5H2,1-2H3. The second-order valence-electron chi connectivity index (χ2n) is 3.65. The van der Waals surface area contributed by atoms with Gasteiger partial charge in [-0.3, -0.25) is 10.1 Å². The Hall–Kier alpha value is -0.350. The van der Waals surface area contributed by atoms with Gasteiger partial charge in [0.05, 0.1) is 4.92 Å². The normalized spacial score (nSPS) is 12.0. The molecule has 0 atom stereocenters. The summed E-state index contributed by atoms with van der Waals surface area (Å²) >= 11 is 8.01. The van der Waals surface area contributed by atoms with Crippen LogP contribution in [0.1, 0.15) is 6.42 Å². The van der Waals surface area contributed by atoms with Gasteiger partial charge in [-0.15, -0.1) is 11.3 Å². The van der Waals surface area contributed by atoms with E-state index in [0.717, 1.165) is 18.2 Å². The van der Waals surface area contributed by atoms with Gasteiger partial charge in [-0.1, -0.05) is 11.6 Å². The minimum Gasteiger partial charge on any atom is -0.258 e. The van der Waals surface area contributed by atoms with Crippen molar-refractivity contribution in [3.05, 3.63) is 20.5 Å². The maximum atomic E-state index is 12.2. The molecular formula is C9H13ClN2O4S3. The van der Waals surface area contributed by atoms with E-state index < -0.39 is 14.9 Å². The minimum atomic E-state index is -3.70. The van der Waals surface area contributed by atoms with Crippen LogP contribution >= 0.6 is 34.7 Å². The predicted molar refractivity (Wildman–Crippen MR) is 78.8 cm³/mol. The first-order valence-corrected chi connectivity index (χ1v) is 9.22. The van der Waals surface area contributed by atoms with E-state index in [1.807, 2.05) is 6.26 Å². The van der Waals surface area contributed by atoms with Gasteiger partial charge in [0.1, 0.15) is 4.21 Å². The van der Waals surface area contributed by atoms with Gasteiger partial charge in [-0.2, -0.15) is 11.8 Å². The number of hydrogen-bond acceptors (Lipinski definition) is 6. The Morgan fingerprint density at radius 2 is 2.21 bits per heavy atom.